The van der Waals surface area contributed by atoms with Crippen molar-refractivity contribution in [1.82, 2.24) is 14.6 Å². The molecule has 0 aliphatic carbocycles. The molecule has 1 aromatic heterocycles. The summed E-state index contributed by atoms with van der Waals surface area (Å²) < 4.78 is 57.2. The molecule has 0 amide bonds. The molecule has 2 aromatic rings. The van der Waals surface area contributed by atoms with Crippen molar-refractivity contribution < 1.29 is 36.5 Å². The Kier molecular flexibility index (Phi) is 11.9. The maximum atomic E-state index is 14.5. The smallest absolute Gasteiger partial charge is 0.351 e. The van der Waals surface area contributed by atoms with Crippen LogP contribution in [0, 0.1) is 0 Å². The average molecular weight is 520 g/mol. The second-order valence-corrected chi connectivity index (χ2v) is 8.65. The largest absolute Gasteiger partial charge is 0.462 e. The first-order valence-corrected chi connectivity index (χ1v) is 11.8. The van der Waals surface area contributed by atoms with E-state index in [1.165, 1.54) is 12.3 Å². The van der Waals surface area contributed by atoms with Crippen molar-refractivity contribution in [3.8, 4) is 5.75 Å². The Morgan fingerprint density at radius 1 is 1.31 bits per heavy atom. The summed E-state index contributed by atoms with van der Waals surface area (Å²) >= 11 is 0. The fourth-order valence-electron chi connectivity index (χ4n) is 2.94. The molecule has 1 aliphatic rings. The van der Waals surface area contributed by atoms with Crippen LogP contribution in [0.15, 0.2) is 47.4 Å². The second kappa shape index (κ2) is 14.6. The Hall–Kier alpha value is -2.73. The minimum absolute atomic E-state index is 0.0150. The van der Waals surface area contributed by atoms with E-state index >= 15 is 0 Å². The third kappa shape index (κ3) is 9.81. The van der Waals surface area contributed by atoms with Gasteiger partial charge < -0.3 is 24.3 Å². The summed E-state index contributed by atoms with van der Waals surface area (Å²) in [6.07, 6.45) is -2.07. The molecule has 3 N–H and O–H groups in total. The van der Waals surface area contributed by atoms with E-state index in [0.717, 1.165) is 4.57 Å². The standard InChI is InChI=1S/C20H26FN4O6P.CH2F2/c1-13(2)29-18(26)11-23-32(31-14-6-4-3-5-7-14)28-12-15-10-16(21)19(30-15)25-9-8-17(22)24-20(25)27;2-1-3/h3-9,13,15-16,19,23H,10-12H2,1-2H3,(H2,22,24,27);1H2. The van der Waals surface area contributed by atoms with Gasteiger partial charge in [0.1, 0.15) is 24.3 Å². The summed E-state index contributed by atoms with van der Waals surface area (Å²) in [5.74, 6) is 0.130. The quantitative estimate of drug-likeness (QED) is 0.359. The fraction of sp³-hybridized carbons (Fsp3) is 0.476. The highest BCUT2D eigenvalue weighted by Gasteiger charge is 2.38. The van der Waals surface area contributed by atoms with Crippen LogP contribution in [-0.2, 0) is 18.8 Å². The van der Waals surface area contributed by atoms with Crippen LogP contribution in [0.5, 0.6) is 5.75 Å². The number of halogens is 3. The number of carbonyl (C=O) groups excluding carboxylic acids is 1. The molecule has 1 saturated heterocycles. The highest BCUT2D eigenvalue weighted by Crippen LogP contribution is 2.38. The summed E-state index contributed by atoms with van der Waals surface area (Å²) in [5.41, 5.74) is 4.78. The molecule has 4 unspecified atom stereocenters. The number of ether oxygens (including phenoxy) is 2. The first-order chi connectivity index (χ1) is 16.7. The van der Waals surface area contributed by atoms with Crippen LogP contribution in [0.4, 0.5) is 19.0 Å². The van der Waals surface area contributed by atoms with Crippen molar-refractivity contribution >= 4 is 20.3 Å². The zero-order valence-corrected chi connectivity index (χ0v) is 20.1. The predicted octanol–water partition coefficient (Wildman–Crippen LogP) is 3.20. The lowest BCUT2D eigenvalue weighted by Gasteiger charge is -2.21. The second-order valence-electron chi connectivity index (χ2n) is 7.37. The summed E-state index contributed by atoms with van der Waals surface area (Å²) in [5, 5.41) is 2.88. The molecule has 4 atom stereocenters. The van der Waals surface area contributed by atoms with Crippen LogP contribution in [0.3, 0.4) is 0 Å². The number of hydrogen-bond acceptors (Lipinski definition) is 9. The van der Waals surface area contributed by atoms with Gasteiger partial charge in [0.25, 0.3) is 0 Å². The lowest BCUT2D eigenvalue weighted by molar-refractivity contribution is -0.145. The van der Waals surface area contributed by atoms with Crippen molar-refractivity contribution in [2.45, 2.75) is 44.9 Å². The number of anilines is 1. The maximum Gasteiger partial charge on any atom is 0.351 e. The number of alkyl halides is 3. The molecule has 2 heterocycles. The number of hydrogen-bond donors (Lipinski definition) is 2. The van der Waals surface area contributed by atoms with Gasteiger partial charge in [0.2, 0.25) is 6.93 Å². The van der Waals surface area contributed by atoms with Gasteiger partial charge in [-0.15, -0.1) is 0 Å². The van der Waals surface area contributed by atoms with Crippen molar-refractivity contribution in [3.63, 3.8) is 0 Å². The summed E-state index contributed by atoms with van der Waals surface area (Å²) in [6, 6.07) is 10.3. The average Bonchev–Trinajstić information content (AvgIpc) is 3.16. The molecule has 194 valence electrons. The van der Waals surface area contributed by atoms with Crippen LogP contribution in [-0.4, -0.2) is 54.0 Å². The van der Waals surface area contributed by atoms with Gasteiger partial charge in [0.15, 0.2) is 6.23 Å². The van der Waals surface area contributed by atoms with Crippen LogP contribution in [0.25, 0.3) is 0 Å². The summed E-state index contributed by atoms with van der Waals surface area (Å²) in [6.45, 7) is 1.61. The van der Waals surface area contributed by atoms with Crippen molar-refractivity contribution in [2.24, 2.45) is 0 Å². The highest BCUT2D eigenvalue weighted by atomic mass is 31.2. The van der Waals surface area contributed by atoms with E-state index in [2.05, 4.69) is 10.1 Å². The molecular formula is C21H28F3N4O6P. The number of carbonyl (C=O) groups is 1. The van der Waals surface area contributed by atoms with E-state index in [1.54, 1.807) is 38.1 Å². The van der Waals surface area contributed by atoms with Crippen molar-refractivity contribution in [3.05, 3.63) is 53.1 Å². The molecule has 0 radical (unpaired) electrons. The monoisotopic (exact) mass is 520 g/mol. The van der Waals surface area contributed by atoms with E-state index < -0.39 is 45.6 Å². The van der Waals surface area contributed by atoms with Gasteiger partial charge in [0.05, 0.1) is 18.8 Å². The number of nitrogen functional groups attached to an aromatic ring is 1. The number of para-hydroxylation sites is 1. The number of nitrogens with one attached hydrogen (secondary N) is 1. The Morgan fingerprint density at radius 2 is 2.00 bits per heavy atom. The highest BCUT2D eigenvalue weighted by molar-refractivity contribution is 7.45. The van der Waals surface area contributed by atoms with Crippen molar-refractivity contribution in [1.29, 1.82) is 0 Å². The van der Waals surface area contributed by atoms with E-state index in [9.17, 15) is 22.8 Å². The predicted molar refractivity (Wildman–Crippen MR) is 123 cm³/mol. The van der Waals surface area contributed by atoms with E-state index in [0.29, 0.717) is 5.75 Å². The number of rotatable bonds is 10. The van der Waals surface area contributed by atoms with E-state index in [1.807, 2.05) is 6.07 Å². The Morgan fingerprint density at radius 3 is 2.63 bits per heavy atom. The van der Waals surface area contributed by atoms with E-state index in [4.69, 9.17) is 24.3 Å². The summed E-state index contributed by atoms with van der Waals surface area (Å²) in [7, 11) is -1.75. The Bertz CT molecular complexity index is 972. The van der Waals surface area contributed by atoms with Crippen LogP contribution in [0.1, 0.15) is 26.5 Å². The van der Waals surface area contributed by atoms with Gasteiger partial charge in [0, 0.05) is 12.6 Å². The lowest BCUT2D eigenvalue weighted by atomic mass is 10.2. The molecule has 1 aromatic carbocycles. The first kappa shape index (κ1) is 28.5. The van der Waals surface area contributed by atoms with Crippen LogP contribution < -0.4 is 21.0 Å². The topological polar surface area (TPSA) is 127 Å². The van der Waals surface area contributed by atoms with Crippen LogP contribution >= 0.6 is 8.53 Å². The number of aromatic nitrogens is 2. The van der Waals surface area contributed by atoms with Gasteiger partial charge in [-0.25, -0.2) is 23.1 Å². The molecule has 1 aliphatic heterocycles. The van der Waals surface area contributed by atoms with Gasteiger partial charge in [-0.1, -0.05) is 18.2 Å². The molecule has 0 saturated carbocycles. The number of nitrogens with two attached hydrogens (primary N) is 1. The van der Waals surface area contributed by atoms with Gasteiger partial charge in [-0.05, 0) is 32.0 Å². The molecule has 10 nitrogen and oxygen atoms in total. The third-order valence-corrected chi connectivity index (χ3v) is 5.46. The lowest BCUT2D eigenvalue weighted by Crippen LogP contribution is -2.30. The number of benzene rings is 1. The molecule has 0 bridgehead atoms. The van der Waals surface area contributed by atoms with Crippen molar-refractivity contribution in [2.75, 3.05) is 25.8 Å². The first-order valence-electron chi connectivity index (χ1n) is 10.6. The SMILES string of the molecule is CC(C)OC(=O)CNP(OCC1CC(F)C(n2ccc(N)nc2=O)O1)Oc1ccccc1.FCF. The molecule has 14 heteroatoms. The summed E-state index contributed by atoms with van der Waals surface area (Å²) in [4.78, 5) is 27.5. The Balaban J connectivity index is 0.00000137. The number of esters is 1. The Labute approximate surface area is 201 Å². The fourth-order valence-corrected chi connectivity index (χ4v) is 4.02. The van der Waals surface area contributed by atoms with Gasteiger partial charge >= 0.3 is 20.2 Å². The molecule has 35 heavy (non-hydrogen) atoms. The minimum Gasteiger partial charge on any atom is -0.462 e. The van der Waals surface area contributed by atoms with Gasteiger partial charge in [-0.2, -0.15) is 4.98 Å². The molecule has 0 spiro atoms. The zero-order valence-electron chi connectivity index (χ0n) is 19.2. The molecule has 1 fully saturated rings. The minimum atomic E-state index is -1.75. The third-order valence-electron chi connectivity index (χ3n) is 4.28. The molecular weight excluding hydrogens is 492 g/mol. The normalized spacial score (nSPS) is 20.1. The van der Waals surface area contributed by atoms with E-state index in [-0.39, 0.29) is 31.5 Å². The maximum absolute atomic E-state index is 14.5. The zero-order chi connectivity index (χ0) is 25.8. The van der Waals surface area contributed by atoms with Gasteiger partial charge in [-0.3, -0.25) is 9.36 Å². The van der Waals surface area contributed by atoms with Crippen LogP contribution in [0.2, 0.25) is 0 Å². The number of nitrogens with zero attached hydrogens (tertiary/aromatic N) is 2. The molecule has 3 rings (SSSR count).